The van der Waals surface area contributed by atoms with Crippen molar-refractivity contribution >= 4 is 17.4 Å². The van der Waals surface area contributed by atoms with Gasteiger partial charge in [0.1, 0.15) is 0 Å². The molecule has 2 fully saturated rings. The summed E-state index contributed by atoms with van der Waals surface area (Å²) in [4.78, 5) is 16.8. The highest BCUT2D eigenvalue weighted by Gasteiger charge is 2.54. The predicted molar refractivity (Wildman–Crippen MR) is 68.4 cm³/mol. The third-order valence-corrected chi connectivity index (χ3v) is 4.67. The number of aromatic nitrogens is 1. The summed E-state index contributed by atoms with van der Waals surface area (Å²) in [5, 5.41) is 5.92. The summed E-state index contributed by atoms with van der Waals surface area (Å²) in [7, 11) is 0. The largest absolute Gasteiger partial charge is 0.381 e. The average molecular weight is 267 g/mol. The first kappa shape index (κ1) is 11.9. The molecule has 0 aromatic carbocycles. The van der Waals surface area contributed by atoms with Gasteiger partial charge in [-0.3, -0.25) is 4.98 Å². The number of carbonyl (C=O) groups is 1. The molecule has 1 aromatic rings. The molecule has 1 atom stereocenters. The average Bonchev–Trinajstić information content (AvgIpc) is 2.82. The van der Waals surface area contributed by atoms with Gasteiger partial charge in [0.2, 0.25) is 0 Å². The Bertz CT molecular complexity index is 415. The molecule has 18 heavy (non-hydrogen) atoms. The third-order valence-electron chi connectivity index (χ3n) is 3.89. The van der Waals surface area contributed by atoms with Gasteiger partial charge < -0.3 is 15.4 Å². The van der Waals surface area contributed by atoms with Gasteiger partial charge in [-0.2, -0.15) is 0 Å². The van der Waals surface area contributed by atoms with Gasteiger partial charge in [0.25, 0.3) is 0 Å². The Morgan fingerprint density at radius 3 is 3.11 bits per heavy atom. The van der Waals surface area contributed by atoms with Crippen molar-refractivity contribution in [2.24, 2.45) is 5.41 Å². The first-order valence-corrected chi connectivity index (χ1v) is 7.16. The molecule has 1 spiro atoms. The monoisotopic (exact) mass is 267 g/mol. The molecule has 2 N–H and O–H groups in total. The van der Waals surface area contributed by atoms with Crippen molar-refractivity contribution in [3.8, 4) is 0 Å². The minimum atomic E-state index is -0.0724. The van der Waals surface area contributed by atoms with Crippen LogP contribution in [0.25, 0.3) is 0 Å². The van der Waals surface area contributed by atoms with Crippen LogP contribution in [-0.4, -0.2) is 30.3 Å². The summed E-state index contributed by atoms with van der Waals surface area (Å²) in [6.07, 6.45) is 5.03. The summed E-state index contributed by atoms with van der Waals surface area (Å²) in [5.74, 6) is 0. The van der Waals surface area contributed by atoms with E-state index in [1.807, 2.05) is 0 Å². The highest BCUT2D eigenvalue weighted by molar-refractivity contribution is 7.09. The fourth-order valence-electron chi connectivity index (χ4n) is 2.59. The lowest BCUT2D eigenvalue weighted by Gasteiger charge is -2.22. The fourth-order valence-corrected chi connectivity index (χ4v) is 3.12. The second kappa shape index (κ2) is 4.85. The molecule has 98 valence electrons. The van der Waals surface area contributed by atoms with Gasteiger partial charge in [0.15, 0.2) is 0 Å². The standard InChI is InChI=1S/C12H17N3O2S/c16-11(14-7-9-6-13-8-18-9)15-10-5-12(10)1-3-17-4-2-12/h6,8,10H,1-5,7H2,(H2,14,15,16). The summed E-state index contributed by atoms with van der Waals surface area (Å²) in [6.45, 7) is 2.22. The van der Waals surface area contributed by atoms with Crippen LogP contribution in [0.15, 0.2) is 11.7 Å². The van der Waals surface area contributed by atoms with Crippen LogP contribution in [0.1, 0.15) is 24.1 Å². The molecular formula is C12H17N3O2S. The lowest BCUT2D eigenvalue weighted by molar-refractivity contribution is 0.0547. The molecule has 0 radical (unpaired) electrons. The van der Waals surface area contributed by atoms with Crippen LogP contribution in [0.4, 0.5) is 4.79 Å². The maximum absolute atomic E-state index is 11.7. The highest BCUT2D eigenvalue weighted by Crippen LogP contribution is 2.53. The first-order chi connectivity index (χ1) is 8.78. The van der Waals surface area contributed by atoms with Crippen molar-refractivity contribution in [2.45, 2.75) is 31.8 Å². The smallest absolute Gasteiger partial charge is 0.315 e. The summed E-state index contributed by atoms with van der Waals surface area (Å²) in [6, 6.07) is 0.264. The van der Waals surface area contributed by atoms with Crippen LogP contribution in [0.5, 0.6) is 0 Å². The molecule has 0 bridgehead atoms. The van der Waals surface area contributed by atoms with Gasteiger partial charge >= 0.3 is 6.03 Å². The van der Waals surface area contributed by atoms with Crippen LogP contribution in [0.3, 0.4) is 0 Å². The second-order valence-corrected chi connectivity index (χ2v) is 6.00. The molecular weight excluding hydrogens is 250 g/mol. The van der Waals surface area contributed by atoms with Gasteiger partial charge in [-0.1, -0.05) is 0 Å². The number of thiazole rings is 1. The number of rotatable bonds is 3. The number of nitrogens with one attached hydrogen (secondary N) is 2. The van der Waals surface area contributed by atoms with Gasteiger partial charge in [0.05, 0.1) is 12.1 Å². The number of nitrogens with zero attached hydrogens (tertiary/aromatic N) is 1. The quantitative estimate of drug-likeness (QED) is 0.872. The van der Waals surface area contributed by atoms with Crippen molar-refractivity contribution < 1.29 is 9.53 Å². The van der Waals surface area contributed by atoms with Crippen LogP contribution in [-0.2, 0) is 11.3 Å². The Labute approximate surface area is 110 Å². The second-order valence-electron chi connectivity index (χ2n) is 5.03. The Morgan fingerprint density at radius 2 is 2.39 bits per heavy atom. The van der Waals surface area contributed by atoms with E-state index in [9.17, 15) is 4.79 Å². The number of hydrogen-bond acceptors (Lipinski definition) is 4. The Morgan fingerprint density at radius 1 is 1.56 bits per heavy atom. The zero-order valence-electron chi connectivity index (χ0n) is 10.1. The Hall–Kier alpha value is -1.14. The topological polar surface area (TPSA) is 63.2 Å². The minimum absolute atomic E-state index is 0.0724. The van der Waals surface area contributed by atoms with Crippen LogP contribution >= 0.6 is 11.3 Å². The molecule has 1 aliphatic heterocycles. The van der Waals surface area contributed by atoms with E-state index < -0.39 is 0 Å². The molecule has 3 rings (SSSR count). The van der Waals surface area contributed by atoms with E-state index >= 15 is 0 Å². The molecule has 1 aromatic heterocycles. The van der Waals surface area contributed by atoms with Gasteiger partial charge in [-0.05, 0) is 24.7 Å². The summed E-state index contributed by atoms with van der Waals surface area (Å²) in [5.41, 5.74) is 2.10. The minimum Gasteiger partial charge on any atom is -0.381 e. The maximum Gasteiger partial charge on any atom is 0.315 e. The summed E-state index contributed by atoms with van der Waals surface area (Å²) < 4.78 is 5.36. The number of hydrogen-bond donors (Lipinski definition) is 2. The van der Waals surface area contributed by atoms with Crippen molar-refractivity contribution in [3.05, 3.63) is 16.6 Å². The van der Waals surface area contributed by atoms with E-state index in [2.05, 4.69) is 15.6 Å². The Balaban J connectivity index is 1.42. The van der Waals surface area contributed by atoms with Gasteiger partial charge in [0, 0.05) is 30.3 Å². The van der Waals surface area contributed by atoms with Crippen LogP contribution in [0, 0.1) is 5.41 Å². The van der Waals surface area contributed by atoms with Gasteiger partial charge in [-0.15, -0.1) is 11.3 Å². The molecule has 1 aliphatic carbocycles. The molecule has 2 aliphatic rings. The van der Waals surface area contributed by atoms with E-state index in [0.717, 1.165) is 37.4 Å². The molecule has 6 heteroatoms. The van der Waals surface area contributed by atoms with E-state index in [-0.39, 0.29) is 6.03 Å². The van der Waals surface area contributed by atoms with Crippen molar-refractivity contribution in [2.75, 3.05) is 13.2 Å². The van der Waals surface area contributed by atoms with Crippen LogP contribution in [0.2, 0.25) is 0 Å². The summed E-state index contributed by atoms with van der Waals surface area (Å²) >= 11 is 1.55. The van der Waals surface area contributed by atoms with Crippen molar-refractivity contribution in [3.63, 3.8) is 0 Å². The highest BCUT2D eigenvalue weighted by atomic mass is 32.1. The van der Waals surface area contributed by atoms with E-state index in [1.165, 1.54) is 0 Å². The number of urea groups is 1. The first-order valence-electron chi connectivity index (χ1n) is 6.28. The maximum atomic E-state index is 11.7. The zero-order chi connectivity index (χ0) is 12.4. The van der Waals surface area contributed by atoms with Crippen molar-refractivity contribution in [1.82, 2.24) is 15.6 Å². The molecule has 1 unspecified atom stereocenters. The fraction of sp³-hybridized carbons (Fsp3) is 0.667. The molecule has 2 heterocycles. The molecule has 1 saturated carbocycles. The third kappa shape index (κ3) is 2.49. The predicted octanol–water partition coefficient (Wildman–Crippen LogP) is 1.51. The normalized spacial score (nSPS) is 24.8. The van der Waals surface area contributed by atoms with E-state index in [4.69, 9.17) is 4.74 Å². The Kier molecular flexibility index (Phi) is 3.22. The van der Waals surface area contributed by atoms with E-state index in [1.54, 1.807) is 23.0 Å². The molecule has 2 amide bonds. The lowest BCUT2D eigenvalue weighted by atomic mass is 9.96. The number of amides is 2. The van der Waals surface area contributed by atoms with Crippen molar-refractivity contribution in [1.29, 1.82) is 0 Å². The molecule has 1 saturated heterocycles. The van der Waals surface area contributed by atoms with Gasteiger partial charge in [-0.25, -0.2) is 4.79 Å². The van der Waals surface area contributed by atoms with E-state index in [0.29, 0.717) is 18.0 Å². The van der Waals surface area contributed by atoms with Crippen LogP contribution < -0.4 is 10.6 Å². The SMILES string of the molecule is O=C(NCc1cncs1)NC1CC12CCOCC2. The lowest BCUT2D eigenvalue weighted by Crippen LogP contribution is -2.39. The molecule has 5 nitrogen and oxygen atoms in total. The number of ether oxygens (including phenoxy) is 1. The zero-order valence-corrected chi connectivity index (χ0v) is 11.0. The number of carbonyl (C=O) groups excluding carboxylic acids is 1.